The molecule has 4 nitrogen and oxygen atoms in total. The highest BCUT2D eigenvalue weighted by molar-refractivity contribution is 5.76. The van der Waals surface area contributed by atoms with Crippen molar-refractivity contribution in [3.05, 3.63) is 29.8 Å². The number of aryl methyl sites for hydroxylation is 1. The van der Waals surface area contributed by atoms with Gasteiger partial charge in [-0.2, -0.15) is 0 Å². The third-order valence-corrected chi connectivity index (χ3v) is 3.75. The lowest BCUT2D eigenvalue weighted by molar-refractivity contribution is -0.121. The Balaban J connectivity index is 2.19. The van der Waals surface area contributed by atoms with Crippen LogP contribution >= 0.6 is 0 Å². The minimum atomic E-state index is 0.111. The standard InChI is InChI=1S/C16H27N3O/c1-4-13(2)19(3)12-11-18-16(20)10-7-14-5-8-15(17)9-6-14/h5-6,8-9,13H,4,7,10-12,17H2,1-3H3,(H,18,20). The Morgan fingerprint density at radius 3 is 2.60 bits per heavy atom. The maximum atomic E-state index is 11.7. The van der Waals surface area contributed by atoms with Gasteiger partial charge in [-0.15, -0.1) is 0 Å². The van der Waals surface area contributed by atoms with Crippen LogP contribution in [0.25, 0.3) is 0 Å². The van der Waals surface area contributed by atoms with Crippen molar-refractivity contribution in [1.82, 2.24) is 10.2 Å². The van der Waals surface area contributed by atoms with Crippen LogP contribution in [0.3, 0.4) is 0 Å². The van der Waals surface area contributed by atoms with Crippen molar-refractivity contribution >= 4 is 11.6 Å². The maximum Gasteiger partial charge on any atom is 0.220 e. The number of hydrogen-bond donors (Lipinski definition) is 2. The summed E-state index contributed by atoms with van der Waals surface area (Å²) in [6, 6.07) is 8.24. The number of hydrogen-bond acceptors (Lipinski definition) is 3. The van der Waals surface area contributed by atoms with Gasteiger partial charge in [0.1, 0.15) is 0 Å². The predicted octanol–water partition coefficient (Wildman–Crippen LogP) is 2.05. The molecule has 0 radical (unpaired) electrons. The van der Waals surface area contributed by atoms with E-state index in [-0.39, 0.29) is 5.91 Å². The Morgan fingerprint density at radius 1 is 1.35 bits per heavy atom. The van der Waals surface area contributed by atoms with E-state index < -0.39 is 0 Å². The third-order valence-electron chi connectivity index (χ3n) is 3.75. The zero-order valence-corrected chi connectivity index (χ0v) is 12.9. The zero-order chi connectivity index (χ0) is 15.0. The number of nitrogens with zero attached hydrogens (tertiary/aromatic N) is 1. The van der Waals surface area contributed by atoms with E-state index in [1.54, 1.807) is 0 Å². The zero-order valence-electron chi connectivity index (χ0n) is 12.9. The number of rotatable bonds is 8. The Hall–Kier alpha value is -1.55. The van der Waals surface area contributed by atoms with E-state index in [1.807, 2.05) is 24.3 Å². The van der Waals surface area contributed by atoms with Gasteiger partial charge in [0.25, 0.3) is 0 Å². The first-order valence-electron chi connectivity index (χ1n) is 7.34. The summed E-state index contributed by atoms with van der Waals surface area (Å²) in [6.45, 7) is 5.97. The Morgan fingerprint density at radius 2 is 2.00 bits per heavy atom. The van der Waals surface area contributed by atoms with Gasteiger partial charge in [-0.1, -0.05) is 19.1 Å². The second-order valence-electron chi connectivity index (χ2n) is 5.33. The minimum Gasteiger partial charge on any atom is -0.399 e. The molecule has 1 atom stereocenters. The van der Waals surface area contributed by atoms with Crippen molar-refractivity contribution in [2.24, 2.45) is 0 Å². The van der Waals surface area contributed by atoms with Crippen molar-refractivity contribution in [3.8, 4) is 0 Å². The summed E-state index contributed by atoms with van der Waals surface area (Å²) < 4.78 is 0. The molecule has 1 aromatic carbocycles. The fraction of sp³-hybridized carbons (Fsp3) is 0.562. The van der Waals surface area contributed by atoms with Crippen molar-refractivity contribution in [1.29, 1.82) is 0 Å². The van der Waals surface area contributed by atoms with Gasteiger partial charge in [0.05, 0.1) is 0 Å². The molecule has 1 aromatic rings. The molecule has 0 spiro atoms. The Bertz CT molecular complexity index is 403. The predicted molar refractivity (Wildman–Crippen MR) is 84.6 cm³/mol. The van der Waals surface area contributed by atoms with Crippen LogP contribution in [-0.2, 0) is 11.2 Å². The number of carbonyl (C=O) groups excluding carboxylic acids is 1. The van der Waals surface area contributed by atoms with E-state index in [9.17, 15) is 4.79 Å². The summed E-state index contributed by atoms with van der Waals surface area (Å²) in [5, 5.41) is 2.97. The molecular weight excluding hydrogens is 250 g/mol. The minimum absolute atomic E-state index is 0.111. The largest absolute Gasteiger partial charge is 0.399 e. The number of benzene rings is 1. The van der Waals surface area contributed by atoms with Crippen molar-refractivity contribution in [3.63, 3.8) is 0 Å². The number of amides is 1. The summed E-state index contributed by atoms with van der Waals surface area (Å²) in [4.78, 5) is 14.0. The number of nitrogen functional groups attached to an aromatic ring is 1. The van der Waals surface area contributed by atoms with Crippen LogP contribution in [-0.4, -0.2) is 37.0 Å². The molecule has 0 aliphatic carbocycles. The fourth-order valence-electron chi connectivity index (χ4n) is 1.93. The smallest absolute Gasteiger partial charge is 0.220 e. The molecule has 1 rings (SSSR count). The van der Waals surface area contributed by atoms with Gasteiger partial charge in [0.2, 0.25) is 5.91 Å². The van der Waals surface area contributed by atoms with Crippen LogP contribution in [0.4, 0.5) is 5.69 Å². The van der Waals surface area contributed by atoms with Gasteiger partial charge in [-0.3, -0.25) is 4.79 Å². The van der Waals surface area contributed by atoms with Crippen LogP contribution in [0.2, 0.25) is 0 Å². The van der Waals surface area contributed by atoms with Gasteiger partial charge in [0, 0.05) is 31.2 Å². The highest BCUT2D eigenvalue weighted by atomic mass is 16.1. The van der Waals surface area contributed by atoms with Gasteiger partial charge >= 0.3 is 0 Å². The molecule has 0 saturated heterocycles. The number of likely N-dealkylation sites (N-methyl/N-ethyl adjacent to an activating group) is 1. The number of anilines is 1. The lowest BCUT2D eigenvalue weighted by Crippen LogP contribution is -2.37. The number of nitrogens with two attached hydrogens (primary N) is 1. The average molecular weight is 277 g/mol. The molecule has 0 aromatic heterocycles. The maximum absolute atomic E-state index is 11.7. The second-order valence-corrected chi connectivity index (χ2v) is 5.33. The van der Waals surface area contributed by atoms with Crippen molar-refractivity contribution < 1.29 is 4.79 Å². The molecule has 1 amide bonds. The molecule has 0 saturated carbocycles. The molecule has 20 heavy (non-hydrogen) atoms. The van der Waals surface area contributed by atoms with Crippen molar-refractivity contribution in [2.75, 3.05) is 25.9 Å². The Kier molecular flexibility index (Phi) is 7.09. The van der Waals surface area contributed by atoms with E-state index in [0.717, 1.165) is 30.6 Å². The molecular formula is C16H27N3O. The lowest BCUT2D eigenvalue weighted by Gasteiger charge is -2.23. The third kappa shape index (κ3) is 6.06. The molecule has 112 valence electrons. The van der Waals surface area contributed by atoms with Gasteiger partial charge in [0.15, 0.2) is 0 Å². The molecule has 0 fully saturated rings. The summed E-state index contributed by atoms with van der Waals surface area (Å²) in [6.07, 6.45) is 2.41. The SMILES string of the molecule is CCC(C)N(C)CCNC(=O)CCc1ccc(N)cc1. The first-order chi connectivity index (χ1) is 9.52. The van der Waals surface area contributed by atoms with Crippen molar-refractivity contribution in [2.45, 2.75) is 39.2 Å². The van der Waals surface area contributed by atoms with E-state index in [2.05, 4.69) is 31.1 Å². The summed E-state index contributed by atoms with van der Waals surface area (Å²) in [5.74, 6) is 0.111. The van der Waals surface area contributed by atoms with Gasteiger partial charge in [-0.25, -0.2) is 0 Å². The number of nitrogens with one attached hydrogen (secondary N) is 1. The highest BCUT2D eigenvalue weighted by Crippen LogP contribution is 2.07. The molecule has 3 N–H and O–H groups in total. The van der Waals surface area contributed by atoms with Crippen LogP contribution in [0, 0.1) is 0 Å². The summed E-state index contributed by atoms with van der Waals surface area (Å²) in [5.41, 5.74) is 7.53. The quantitative estimate of drug-likeness (QED) is 0.715. The first-order valence-corrected chi connectivity index (χ1v) is 7.34. The second kappa shape index (κ2) is 8.59. The van der Waals surface area contributed by atoms with Gasteiger partial charge in [-0.05, 0) is 44.5 Å². The summed E-state index contributed by atoms with van der Waals surface area (Å²) in [7, 11) is 2.09. The molecule has 0 aliphatic rings. The van der Waals surface area contributed by atoms with Gasteiger partial charge < -0.3 is 16.0 Å². The lowest BCUT2D eigenvalue weighted by atomic mass is 10.1. The molecule has 1 unspecified atom stereocenters. The molecule has 0 aliphatic heterocycles. The van der Waals surface area contributed by atoms with E-state index >= 15 is 0 Å². The number of carbonyl (C=O) groups is 1. The van der Waals surface area contributed by atoms with Crippen LogP contribution < -0.4 is 11.1 Å². The molecule has 0 bridgehead atoms. The summed E-state index contributed by atoms with van der Waals surface area (Å²) >= 11 is 0. The van der Waals surface area contributed by atoms with E-state index in [0.29, 0.717) is 19.0 Å². The first kappa shape index (κ1) is 16.5. The topological polar surface area (TPSA) is 58.4 Å². The molecule has 4 heteroatoms. The van der Waals surface area contributed by atoms with Crippen LogP contribution in [0.5, 0.6) is 0 Å². The fourth-order valence-corrected chi connectivity index (χ4v) is 1.93. The van der Waals surface area contributed by atoms with E-state index in [4.69, 9.17) is 5.73 Å². The highest BCUT2D eigenvalue weighted by Gasteiger charge is 2.07. The monoisotopic (exact) mass is 277 g/mol. The normalized spacial score (nSPS) is 12.4. The van der Waals surface area contributed by atoms with Crippen LogP contribution in [0.15, 0.2) is 24.3 Å². The van der Waals surface area contributed by atoms with Crippen LogP contribution in [0.1, 0.15) is 32.3 Å². The molecule has 0 heterocycles. The Labute approximate surface area is 122 Å². The average Bonchev–Trinajstić information content (AvgIpc) is 2.45. The van der Waals surface area contributed by atoms with E-state index in [1.165, 1.54) is 0 Å².